The molecular formula is C22H26F3N3O2. The topological polar surface area (TPSA) is 64.1 Å². The van der Waals surface area contributed by atoms with Crippen LogP contribution in [0.4, 0.5) is 18.0 Å². The smallest absolute Gasteiger partial charge is 0.407 e. The molecule has 1 unspecified atom stereocenters. The quantitative estimate of drug-likeness (QED) is 0.745. The number of carbonyl (C=O) groups excluding carboxylic acids is 1. The summed E-state index contributed by atoms with van der Waals surface area (Å²) in [6.07, 6.45) is -4.49. The molecule has 1 aliphatic rings. The van der Waals surface area contributed by atoms with Gasteiger partial charge < -0.3 is 10.1 Å². The number of rotatable bonds is 3. The Balaban J connectivity index is 1.73. The first-order valence-corrected chi connectivity index (χ1v) is 9.91. The van der Waals surface area contributed by atoms with Gasteiger partial charge in [0.25, 0.3) is 0 Å². The molecule has 0 aliphatic heterocycles. The Hall–Kier alpha value is -2.64. The fourth-order valence-electron chi connectivity index (χ4n) is 3.43. The normalized spacial score (nSPS) is 16.7. The molecule has 0 radical (unpaired) electrons. The first-order chi connectivity index (χ1) is 13.9. The summed E-state index contributed by atoms with van der Waals surface area (Å²) in [5, 5.41) is 2.69. The molecule has 0 spiro atoms. The SMILES string of the molecule is Cc1nc2c(nc1-c1ccc(CNC(=O)OC(C)(C)C)cc1)CC(C(F)(F)F)CC2. The highest BCUT2D eigenvalue weighted by atomic mass is 19.4. The summed E-state index contributed by atoms with van der Waals surface area (Å²) in [5.41, 5.74) is 3.45. The van der Waals surface area contributed by atoms with E-state index in [0.29, 0.717) is 35.7 Å². The van der Waals surface area contributed by atoms with Crippen LogP contribution in [0, 0.1) is 12.8 Å². The van der Waals surface area contributed by atoms with Crippen LogP contribution < -0.4 is 5.32 Å². The maximum absolute atomic E-state index is 13.1. The van der Waals surface area contributed by atoms with Crippen LogP contribution in [0.3, 0.4) is 0 Å². The minimum atomic E-state index is -4.22. The maximum Gasteiger partial charge on any atom is 0.407 e. The summed E-state index contributed by atoms with van der Waals surface area (Å²) < 4.78 is 44.6. The predicted octanol–water partition coefficient (Wildman–Crippen LogP) is 5.14. The van der Waals surface area contributed by atoms with E-state index >= 15 is 0 Å². The van der Waals surface area contributed by atoms with Gasteiger partial charge in [-0.3, -0.25) is 4.98 Å². The summed E-state index contributed by atoms with van der Waals surface area (Å²) in [5.74, 6) is -1.36. The molecule has 30 heavy (non-hydrogen) atoms. The van der Waals surface area contributed by atoms with Crippen LogP contribution in [-0.4, -0.2) is 27.8 Å². The number of fused-ring (bicyclic) bond motifs is 1. The third kappa shape index (κ3) is 5.49. The number of benzene rings is 1. The van der Waals surface area contributed by atoms with Crippen LogP contribution in [0.1, 0.15) is 49.8 Å². The summed E-state index contributed by atoms with van der Waals surface area (Å²) in [6.45, 7) is 7.49. The van der Waals surface area contributed by atoms with Crippen molar-refractivity contribution in [3.05, 3.63) is 46.9 Å². The molecule has 3 rings (SSSR count). The van der Waals surface area contributed by atoms with Crippen LogP contribution in [0.2, 0.25) is 0 Å². The Morgan fingerprint density at radius 1 is 1.13 bits per heavy atom. The van der Waals surface area contributed by atoms with Gasteiger partial charge in [0.2, 0.25) is 0 Å². The molecule has 1 atom stereocenters. The van der Waals surface area contributed by atoms with Gasteiger partial charge >= 0.3 is 12.3 Å². The highest BCUT2D eigenvalue weighted by Gasteiger charge is 2.42. The fraction of sp³-hybridized carbons (Fsp3) is 0.500. The molecule has 1 amide bonds. The molecule has 162 valence electrons. The van der Waals surface area contributed by atoms with Crippen molar-refractivity contribution in [3.8, 4) is 11.3 Å². The standard InChI is InChI=1S/C22H26F3N3O2/c1-13-19(28-18-11-16(22(23,24)25)9-10-17(18)27-13)15-7-5-14(6-8-15)12-26-20(29)30-21(2,3)4/h5-8,16H,9-12H2,1-4H3,(H,26,29). The predicted molar refractivity (Wildman–Crippen MR) is 107 cm³/mol. The van der Waals surface area contributed by atoms with Crippen molar-refractivity contribution in [1.82, 2.24) is 15.3 Å². The lowest BCUT2D eigenvalue weighted by Crippen LogP contribution is -2.32. The van der Waals surface area contributed by atoms with E-state index in [0.717, 1.165) is 11.1 Å². The monoisotopic (exact) mass is 421 g/mol. The van der Waals surface area contributed by atoms with Crippen molar-refractivity contribution in [2.45, 2.75) is 65.3 Å². The van der Waals surface area contributed by atoms with E-state index in [9.17, 15) is 18.0 Å². The van der Waals surface area contributed by atoms with Crippen molar-refractivity contribution in [2.75, 3.05) is 0 Å². The zero-order valence-corrected chi connectivity index (χ0v) is 17.6. The zero-order valence-electron chi connectivity index (χ0n) is 17.6. The molecule has 8 heteroatoms. The summed E-state index contributed by atoms with van der Waals surface area (Å²) in [4.78, 5) is 20.8. The lowest BCUT2D eigenvalue weighted by molar-refractivity contribution is -0.177. The van der Waals surface area contributed by atoms with Crippen LogP contribution in [0.15, 0.2) is 24.3 Å². The molecule has 0 saturated carbocycles. The average Bonchev–Trinajstić information content (AvgIpc) is 2.64. The molecular weight excluding hydrogens is 395 g/mol. The number of aryl methyl sites for hydroxylation is 2. The van der Waals surface area contributed by atoms with E-state index in [4.69, 9.17) is 4.74 Å². The Labute approximate surface area is 174 Å². The number of nitrogens with one attached hydrogen (secondary N) is 1. The second kappa shape index (κ2) is 8.24. The average molecular weight is 421 g/mol. The van der Waals surface area contributed by atoms with Gasteiger partial charge in [0.15, 0.2) is 0 Å². The molecule has 0 fully saturated rings. The lowest BCUT2D eigenvalue weighted by atomic mass is 9.88. The van der Waals surface area contributed by atoms with Crippen LogP contribution in [0.5, 0.6) is 0 Å². The van der Waals surface area contributed by atoms with E-state index < -0.39 is 23.8 Å². The van der Waals surface area contributed by atoms with Crippen molar-refractivity contribution >= 4 is 6.09 Å². The van der Waals surface area contributed by atoms with Crippen LogP contribution in [-0.2, 0) is 24.1 Å². The first-order valence-electron chi connectivity index (χ1n) is 9.91. The second-order valence-corrected chi connectivity index (χ2v) is 8.58. The van der Waals surface area contributed by atoms with Crippen molar-refractivity contribution in [1.29, 1.82) is 0 Å². The first kappa shape index (κ1) is 22.1. The summed E-state index contributed by atoms with van der Waals surface area (Å²) in [6, 6.07) is 7.34. The van der Waals surface area contributed by atoms with Gasteiger partial charge in [0.05, 0.1) is 28.7 Å². The Morgan fingerprint density at radius 3 is 2.40 bits per heavy atom. The molecule has 1 aliphatic carbocycles. The maximum atomic E-state index is 13.1. The van der Waals surface area contributed by atoms with Gasteiger partial charge in [-0.2, -0.15) is 13.2 Å². The van der Waals surface area contributed by atoms with Gasteiger partial charge in [-0.25, -0.2) is 9.78 Å². The number of hydrogen-bond acceptors (Lipinski definition) is 4. The minimum Gasteiger partial charge on any atom is -0.444 e. The van der Waals surface area contributed by atoms with Gasteiger partial charge in [-0.15, -0.1) is 0 Å². The summed E-state index contributed by atoms with van der Waals surface area (Å²) >= 11 is 0. The third-order valence-electron chi connectivity index (χ3n) is 4.92. The molecule has 0 bridgehead atoms. The molecule has 1 N–H and O–H groups in total. The highest BCUT2D eigenvalue weighted by molar-refractivity contribution is 5.68. The van der Waals surface area contributed by atoms with Gasteiger partial charge in [-0.05, 0) is 46.1 Å². The number of carbonyl (C=O) groups is 1. The van der Waals surface area contributed by atoms with Gasteiger partial charge in [0.1, 0.15) is 5.60 Å². The second-order valence-electron chi connectivity index (χ2n) is 8.58. The number of alkyl carbamates (subject to hydrolysis) is 1. The van der Waals surface area contributed by atoms with Crippen molar-refractivity contribution in [3.63, 3.8) is 0 Å². The number of hydrogen-bond donors (Lipinski definition) is 1. The van der Waals surface area contributed by atoms with E-state index in [-0.39, 0.29) is 12.8 Å². The summed E-state index contributed by atoms with van der Waals surface area (Å²) in [7, 11) is 0. The number of ether oxygens (including phenoxy) is 1. The van der Waals surface area contributed by atoms with E-state index in [1.807, 2.05) is 31.2 Å². The van der Waals surface area contributed by atoms with Crippen LogP contribution in [0.25, 0.3) is 11.3 Å². The number of alkyl halides is 3. The zero-order chi connectivity index (χ0) is 22.1. The van der Waals surface area contributed by atoms with Crippen molar-refractivity contribution in [2.24, 2.45) is 5.92 Å². The molecule has 1 heterocycles. The Bertz CT molecular complexity index is 919. The number of aromatic nitrogens is 2. The van der Waals surface area contributed by atoms with Gasteiger partial charge in [-0.1, -0.05) is 24.3 Å². The highest BCUT2D eigenvalue weighted by Crippen LogP contribution is 2.37. The number of amides is 1. The van der Waals surface area contributed by atoms with Crippen LogP contribution >= 0.6 is 0 Å². The number of halogens is 3. The third-order valence-corrected chi connectivity index (χ3v) is 4.92. The fourth-order valence-corrected chi connectivity index (χ4v) is 3.43. The molecule has 1 aromatic heterocycles. The van der Waals surface area contributed by atoms with E-state index in [2.05, 4.69) is 15.3 Å². The lowest BCUT2D eigenvalue weighted by Gasteiger charge is -2.26. The van der Waals surface area contributed by atoms with Gasteiger partial charge in [0, 0.05) is 18.5 Å². The largest absolute Gasteiger partial charge is 0.444 e. The minimum absolute atomic E-state index is 0.0588. The molecule has 5 nitrogen and oxygen atoms in total. The molecule has 1 aromatic carbocycles. The van der Waals surface area contributed by atoms with Crippen molar-refractivity contribution < 1.29 is 22.7 Å². The number of nitrogens with zero attached hydrogens (tertiary/aromatic N) is 2. The molecule has 2 aromatic rings. The Morgan fingerprint density at radius 2 is 1.80 bits per heavy atom. The van der Waals surface area contributed by atoms with E-state index in [1.165, 1.54) is 0 Å². The molecule has 0 saturated heterocycles. The van der Waals surface area contributed by atoms with E-state index in [1.54, 1.807) is 20.8 Å². The Kier molecular flexibility index (Phi) is 6.06.